The van der Waals surface area contributed by atoms with Crippen molar-refractivity contribution in [3.8, 4) is 0 Å². The molecule has 1 amide bonds. The Morgan fingerprint density at radius 2 is 1.58 bits per heavy atom. The molecule has 2 fully saturated rings. The van der Waals surface area contributed by atoms with Crippen LogP contribution in [-0.2, 0) is 10.2 Å². The maximum absolute atomic E-state index is 13.0. The molecule has 19 heavy (non-hydrogen) atoms. The lowest BCUT2D eigenvalue weighted by Gasteiger charge is -2.26. The second-order valence-corrected chi connectivity index (χ2v) is 5.80. The lowest BCUT2D eigenvalue weighted by molar-refractivity contribution is -0.133. The van der Waals surface area contributed by atoms with E-state index in [2.05, 4.69) is 0 Å². The fraction of sp³-hybridized carbons (Fsp3) is 0.562. The van der Waals surface area contributed by atoms with Gasteiger partial charge in [-0.05, 0) is 43.4 Å². The van der Waals surface area contributed by atoms with Crippen LogP contribution >= 0.6 is 0 Å². The van der Waals surface area contributed by atoms with Crippen LogP contribution in [0, 0.1) is 5.82 Å². The van der Waals surface area contributed by atoms with E-state index in [1.54, 1.807) is 12.1 Å². The third-order valence-corrected chi connectivity index (χ3v) is 4.45. The lowest BCUT2D eigenvalue weighted by Crippen LogP contribution is -2.39. The SMILES string of the molecule is O=C(N1CCCCCC1)C1(c2ccc(F)cc2)CC1. The highest BCUT2D eigenvalue weighted by atomic mass is 19.1. The van der Waals surface area contributed by atoms with Gasteiger partial charge in [0, 0.05) is 13.1 Å². The second kappa shape index (κ2) is 4.95. The van der Waals surface area contributed by atoms with Crippen LogP contribution in [0.2, 0.25) is 0 Å². The quantitative estimate of drug-likeness (QED) is 0.800. The van der Waals surface area contributed by atoms with Gasteiger partial charge in [0.15, 0.2) is 0 Å². The van der Waals surface area contributed by atoms with Crippen molar-refractivity contribution in [2.75, 3.05) is 13.1 Å². The smallest absolute Gasteiger partial charge is 0.233 e. The van der Waals surface area contributed by atoms with Gasteiger partial charge in [0.2, 0.25) is 5.91 Å². The van der Waals surface area contributed by atoms with Crippen molar-refractivity contribution in [3.05, 3.63) is 35.6 Å². The zero-order valence-electron chi connectivity index (χ0n) is 11.2. The minimum Gasteiger partial charge on any atom is -0.342 e. The first-order valence-corrected chi connectivity index (χ1v) is 7.28. The number of halogens is 1. The molecule has 0 atom stereocenters. The van der Waals surface area contributed by atoms with Crippen molar-refractivity contribution in [2.45, 2.75) is 43.9 Å². The summed E-state index contributed by atoms with van der Waals surface area (Å²) in [6.07, 6.45) is 6.51. The van der Waals surface area contributed by atoms with Crippen molar-refractivity contribution >= 4 is 5.91 Å². The zero-order valence-corrected chi connectivity index (χ0v) is 11.2. The molecule has 1 saturated heterocycles. The van der Waals surface area contributed by atoms with E-state index in [0.717, 1.165) is 44.3 Å². The Balaban J connectivity index is 1.80. The molecule has 2 aliphatic rings. The molecule has 1 aromatic rings. The van der Waals surface area contributed by atoms with Crippen LogP contribution in [0.5, 0.6) is 0 Å². The van der Waals surface area contributed by atoms with E-state index in [1.807, 2.05) is 4.90 Å². The highest BCUT2D eigenvalue weighted by Crippen LogP contribution is 2.49. The molecule has 102 valence electrons. The number of hydrogen-bond acceptors (Lipinski definition) is 1. The number of nitrogens with zero attached hydrogens (tertiary/aromatic N) is 1. The van der Waals surface area contributed by atoms with E-state index in [4.69, 9.17) is 0 Å². The molecule has 0 unspecified atom stereocenters. The highest BCUT2D eigenvalue weighted by molar-refractivity contribution is 5.91. The van der Waals surface area contributed by atoms with Crippen LogP contribution < -0.4 is 0 Å². The van der Waals surface area contributed by atoms with E-state index >= 15 is 0 Å². The van der Waals surface area contributed by atoms with Crippen molar-refractivity contribution in [3.63, 3.8) is 0 Å². The summed E-state index contributed by atoms with van der Waals surface area (Å²) in [7, 11) is 0. The molecule has 1 aromatic carbocycles. The third kappa shape index (κ3) is 2.38. The van der Waals surface area contributed by atoms with Gasteiger partial charge in [0.25, 0.3) is 0 Å². The number of rotatable bonds is 2. The number of carbonyl (C=O) groups is 1. The predicted molar refractivity (Wildman–Crippen MR) is 72.4 cm³/mol. The summed E-state index contributed by atoms with van der Waals surface area (Å²) in [5, 5.41) is 0. The Labute approximate surface area is 113 Å². The molecule has 2 nitrogen and oxygen atoms in total. The molecule has 3 rings (SSSR count). The highest BCUT2D eigenvalue weighted by Gasteiger charge is 2.52. The van der Waals surface area contributed by atoms with Crippen LogP contribution in [0.15, 0.2) is 24.3 Å². The van der Waals surface area contributed by atoms with Crippen LogP contribution in [-0.4, -0.2) is 23.9 Å². The Bertz CT molecular complexity index is 456. The van der Waals surface area contributed by atoms with Gasteiger partial charge in [0.1, 0.15) is 5.82 Å². The van der Waals surface area contributed by atoms with E-state index in [-0.39, 0.29) is 17.1 Å². The minimum atomic E-state index is -0.335. The summed E-state index contributed by atoms with van der Waals surface area (Å²) in [5.41, 5.74) is 0.654. The first-order valence-electron chi connectivity index (χ1n) is 7.28. The van der Waals surface area contributed by atoms with Crippen molar-refractivity contribution in [1.29, 1.82) is 0 Å². The third-order valence-electron chi connectivity index (χ3n) is 4.45. The summed E-state index contributed by atoms with van der Waals surface area (Å²) in [6, 6.07) is 6.48. The van der Waals surface area contributed by atoms with Gasteiger partial charge in [-0.3, -0.25) is 4.79 Å². The fourth-order valence-electron chi connectivity index (χ4n) is 3.10. The van der Waals surface area contributed by atoms with Gasteiger partial charge in [0.05, 0.1) is 5.41 Å². The van der Waals surface area contributed by atoms with E-state index < -0.39 is 0 Å². The van der Waals surface area contributed by atoms with Crippen LogP contribution in [0.1, 0.15) is 44.1 Å². The number of benzene rings is 1. The molecular formula is C16H20FNO. The molecule has 1 saturated carbocycles. The molecule has 1 heterocycles. The van der Waals surface area contributed by atoms with Crippen molar-refractivity contribution < 1.29 is 9.18 Å². The van der Waals surface area contributed by atoms with Gasteiger partial charge in [-0.25, -0.2) is 4.39 Å². The molecule has 3 heteroatoms. The Kier molecular flexibility index (Phi) is 3.29. The van der Waals surface area contributed by atoms with E-state index in [0.29, 0.717) is 0 Å². The maximum atomic E-state index is 13.0. The lowest BCUT2D eigenvalue weighted by atomic mass is 9.94. The van der Waals surface area contributed by atoms with Crippen molar-refractivity contribution in [2.24, 2.45) is 0 Å². The van der Waals surface area contributed by atoms with Gasteiger partial charge >= 0.3 is 0 Å². The van der Waals surface area contributed by atoms with Gasteiger partial charge in [-0.15, -0.1) is 0 Å². The normalized spacial score (nSPS) is 21.8. The molecule has 0 N–H and O–H groups in total. The summed E-state index contributed by atoms with van der Waals surface area (Å²) in [5.74, 6) is 0.0304. The van der Waals surface area contributed by atoms with Gasteiger partial charge < -0.3 is 4.90 Å². The minimum absolute atomic E-state index is 0.234. The van der Waals surface area contributed by atoms with Crippen molar-refractivity contribution in [1.82, 2.24) is 4.90 Å². The van der Waals surface area contributed by atoms with Crippen LogP contribution in [0.4, 0.5) is 4.39 Å². The Morgan fingerprint density at radius 1 is 1.00 bits per heavy atom. The molecule has 0 bridgehead atoms. The summed E-state index contributed by atoms with van der Waals surface area (Å²) < 4.78 is 13.0. The van der Waals surface area contributed by atoms with E-state index in [1.165, 1.54) is 25.0 Å². The second-order valence-electron chi connectivity index (χ2n) is 5.80. The van der Waals surface area contributed by atoms with E-state index in [9.17, 15) is 9.18 Å². The van der Waals surface area contributed by atoms with Crippen LogP contribution in [0.3, 0.4) is 0 Å². The molecule has 0 radical (unpaired) electrons. The topological polar surface area (TPSA) is 20.3 Å². The number of likely N-dealkylation sites (tertiary alicyclic amines) is 1. The molecule has 0 spiro atoms. The Hall–Kier alpha value is -1.38. The molecular weight excluding hydrogens is 241 g/mol. The average Bonchev–Trinajstić information content (AvgIpc) is 3.24. The first-order chi connectivity index (χ1) is 9.22. The average molecular weight is 261 g/mol. The number of amides is 1. The monoisotopic (exact) mass is 261 g/mol. The van der Waals surface area contributed by atoms with Gasteiger partial charge in [-0.1, -0.05) is 25.0 Å². The molecule has 1 aliphatic heterocycles. The Morgan fingerprint density at radius 3 is 2.11 bits per heavy atom. The summed E-state index contributed by atoms with van der Waals surface area (Å²) in [4.78, 5) is 14.8. The fourth-order valence-corrected chi connectivity index (χ4v) is 3.10. The molecule has 0 aromatic heterocycles. The predicted octanol–water partition coefficient (Wildman–Crippen LogP) is 3.26. The van der Waals surface area contributed by atoms with Gasteiger partial charge in [-0.2, -0.15) is 0 Å². The maximum Gasteiger partial charge on any atom is 0.233 e. The number of carbonyl (C=O) groups excluding carboxylic acids is 1. The van der Waals surface area contributed by atoms with Crippen LogP contribution in [0.25, 0.3) is 0 Å². The largest absolute Gasteiger partial charge is 0.342 e. The summed E-state index contributed by atoms with van der Waals surface area (Å²) in [6.45, 7) is 1.78. The summed E-state index contributed by atoms with van der Waals surface area (Å²) >= 11 is 0. The number of hydrogen-bond donors (Lipinski definition) is 0. The zero-order chi connectivity index (χ0) is 13.3. The standard InChI is InChI=1S/C16H20FNO/c17-14-7-5-13(6-8-14)16(9-10-16)15(19)18-11-3-1-2-4-12-18/h5-8H,1-4,9-12H2. The first kappa shape index (κ1) is 12.6. The molecule has 1 aliphatic carbocycles.